The van der Waals surface area contributed by atoms with Gasteiger partial charge in [-0.3, -0.25) is 5.10 Å². The lowest BCUT2D eigenvalue weighted by Crippen LogP contribution is -2.41. The standard InChI is InChI=1S/C14H18N2O2/c1-13(2)14(3,4)18-12(17-13)9-6-5-7-11-10(9)8-15-16-11/h5-8,12H,1-4H3,(H,15,16). The lowest BCUT2D eigenvalue weighted by Gasteiger charge is -2.30. The predicted molar refractivity (Wildman–Crippen MR) is 69.2 cm³/mol. The molecule has 4 nitrogen and oxygen atoms in total. The van der Waals surface area contributed by atoms with Gasteiger partial charge in [-0.1, -0.05) is 12.1 Å². The van der Waals surface area contributed by atoms with Gasteiger partial charge in [-0.25, -0.2) is 0 Å². The van der Waals surface area contributed by atoms with Crippen LogP contribution in [0, 0.1) is 0 Å². The fourth-order valence-corrected chi connectivity index (χ4v) is 2.17. The molecule has 2 heterocycles. The summed E-state index contributed by atoms with van der Waals surface area (Å²) < 4.78 is 12.1. The van der Waals surface area contributed by atoms with Crippen molar-refractivity contribution in [3.05, 3.63) is 30.0 Å². The zero-order valence-corrected chi connectivity index (χ0v) is 11.2. The third kappa shape index (κ3) is 1.56. The van der Waals surface area contributed by atoms with E-state index in [1.165, 1.54) is 0 Å². The van der Waals surface area contributed by atoms with Crippen molar-refractivity contribution in [3.63, 3.8) is 0 Å². The molecule has 96 valence electrons. The van der Waals surface area contributed by atoms with E-state index in [1.807, 2.05) is 24.4 Å². The highest BCUT2D eigenvalue weighted by Crippen LogP contribution is 2.45. The van der Waals surface area contributed by atoms with Crippen LogP contribution in [0.15, 0.2) is 24.4 Å². The fourth-order valence-electron chi connectivity index (χ4n) is 2.17. The van der Waals surface area contributed by atoms with E-state index in [2.05, 4.69) is 37.9 Å². The van der Waals surface area contributed by atoms with Gasteiger partial charge >= 0.3 is 0 Å². The first-order chi connectivity index (χ1) is 8.41. The van der Waals surface area contributed by atoms with Gasteiger partial charge in [-0.15, -0.1) is 0 Å². The molecule has 2 aromatic rings. The minimum Gasteiger partial charge on any atom is -0.339 e. The number of fused-ring (bicyclic) bond motifs is 1. The van der Waals surface area contributed by atoms with Crippen LogP contribution in [-0.4, -0.2) is 21.4 Å². The number of ether oxygens (including phenoxy) is 2. The van der Waals surface area contributed by atoms with E-state index in [1.54, 1.807) is 0 Å². The number of H-pyrrole nitrogens is 1. The fraction of sp³-hybridized carbons (Fsp3) is 0.500. The Morgan fingerprint density at radius 2 is 1.78 bits per heavy atom. The van der Waals surface area contributed by atoms with Crippen molar-refractivity contribution >= 4 is 10.9 Å². The number of aromatic amines is 1. The summed E-state index contributed by atoms with van der Waals surface area (Å²) >= 11 is 0. The molecule has 1 aliphatic rings. The monoisotopic (exact) mass is 246 g/mol. The molecule has 1 aliphatic heterocycles. The molecule has 0 saturated carbocycles. The molecular formula is C14H18N2O2. The maximum absolute atomic E-state index is 6.06. The molecule has 0 bridgehead atoms. The average Bonchev–Trinajstić information content (AvgIpc) is 2.81. The first-order valence-corrected chi connectivity index (χ1v) is 6.18. The lowest BCUT2D eigenvalue weighted by molar-refractivity contribution is -0.0885. The molecular weight excluding hydrogens is 228 g/mol. The van der Waals surface area contributed by atoms with Gasteiger partial charge in [-0.2, -0.15) is 5.10 Å². The van der Waals surface area contributed by atoms with Gasteiger partial charge in [0, 0.05) is 10.9 Å². The summed E-state index contributed by atoms with van der Waals surface area (Å²) in [6.45, 7) is 8.23. The van der Waals surface area contributed by atoms with E-state index in [-0.39, 0.29) is 17.5 Å². The van der Waals surface area contributed by atoms with Crippen LogP contribution in [0.25, 0.3) is 10.9 Å². The van der Waals surface area contributed by atoms with Crippen molar-refractivity contribution in [1.82, 2.24) is 10.2 Å². The summed E-state index contributed by atoms with van der Waals surface area (Å²) in [5, 5.41) is 8.09. The second kappa shape index (κ2) is 3.56. The molecule has 0 spiro atoms. The van der Waals surface area contributed by atoms with Crippen molar-refractivity contribution in [1.29, 1.82) is 0 Å². The van der Waals surface area contributed by atoms with Crippen LogP contribution in [0.4, 0.5) is 0 Å². The summed E-state index contributed by atoms with van der Waals surface area (Å²) in [5.74, 6) is 0. The number of hydrogen-bond donors (Lipinski definition) is 1. The van der Waals surface area contributed by atoms with Gasteiger partial charge in [0.15, 0.2) is 6.29 Å². The summed E-state index contributed by atoms with van der Waals surface area (Å²) in [7, 11) is 0. The molecule has 18 heavy (non-hydrogen) atoms. The molecule has 4 heteroatoms. The normalized spacial score (nSPS) is 22.7. The van der Waals surface area contributed by atoms with Crippen LogP contribution >= 0.6 is 0 Å². The van der Waals surface area contributed by atoms with Gasteiger partial charge in [-0.05, 0) is 33.8 Å². The van der Waals surface area contributed by atoms with Gasteiger partial charge in [0.2, 0.25) is 0 Å². The van der Waals surface area contributed by atoms with Crippen LogP contribution in [0.2, 0.25) is 0 Å². The highest BCUT2D eigenvalue weighted by molar-refractivity contribution is 5.81. The summed E-state index contributed by atoms with van der Waals surface area (Å²) in [6.07, 6.45) is 1.48. The number of nitrogens with zero attached hydrogens (tertiary/aromatic N) is 1. The van der Waals surface area contributed by atoms with Crippen molar-refractivity contribution in [3.8, 4) is 0 Å². The third-order valence-electron chi connectivity index (χ3n) is 4.03. The van der Waals surface area contributed by atoms with Crippen molar-refractivity contribution in [2.45, 2.75) is 45.2 Å². The molecule has 3 rings (SSSR count). The zero-order chi connectivity index (χ0) is 13.0. The van der Waals surface area contributed by atoms with E-state index in [0.717, 1.165) is 16.5 Å². The summed E-state index contributed by atoms with van der Waals surface area (Å²) in [5.41, 5.74) is 1.40. The average molecular weight is 246 g/mol. The minimum atomic E-state index is -0.337. The quantitative estimate of drug-likeness (QED) is 0.840. The zero-order valence-electron chi connectivity index (χ0n) is 11.2. The Bertz CT molecular complexity index is 570. The number of aromatic nitrogens is 2. The Labute approximate surface area is 106 Å². The third-order valence-corrected chi connectivity index (χ3v) is 4.03. The Morgan fingerprint density at radius 1 is 1.11 bits per heavy atom. The molecule has 0 amide bonds. The van der Waals surface area contributed by atoms with Gasteiger partial charge in [0.05, 0.1) is 22.9 Å². The van der Waals surface area contributed by atoms with Crippen LogP contribution in [0.5, 0.6) is 0 Å². The number of benzene rings is 1. The molecule has 0 unspecified atom stereocenters. The van der Waals surface area contributed by atoms with Gasteiger partial charge in [0.25, 0.3) is 0 Å². The second-order valence-electron chi connectivity index (χ2n) is 5.77. The molecule has 1 aromatic carbocycles. The number of hydrogen-bond acceptors (Lipinski definition) is 3. The Kier molecular flexibility index (Phi) is 2.31. The largest absolute Gasteiger partial charge is 0.339 e. The smallest absolute Gasteiger partial charge is 0.186 e. The molecule has 1 N–H and O–H groups in total. The van der Waals surface area contributed by atoms with Crippen LogP contribution in [-0.2, 0) is 9.47 Å². The highest BCUT2D eigenvalue weighted by Gasteiger charge is 2.49. The summed E-state index contributed by atoms with van der Waals surface area (Å²) in [6, 6.07) is 6.01. The van der Waals surface area contributed by atoms with E-state index in [0.29, 0.717) is 0 Å². The second-order valence-corrected chi connectivity index (χ2v) is 5.77. The van der Waals surface area contributed by atoms with Crippen LogP contribution < -0.4 is 0 Å². The van der Waals surface area contributed by atoms with E-state index >= 15 is 0 Å². The Balaban J connectivity index is 2.05. The van der Waals surface area contributed by atoms with Crippen molar-refractivity contribution in [2.75, 3.05) is 0 Å². The molecule has 0 atom stereocenters. The topological polar surface area (TPSA) is 47.1 Å². The Hall–Kier alpha value is -1.39. The highest BCUT2D eigenvalue weighted by atomic mass is 16.7. The Morgan fingerprint density at radius 3 is 2.44 bits per heavy atom. The first kappa shape index (κ1) is 11.7. The number of nitrogens with one attached hydrogen (secondary N) is 1. The van der Waals surface area contributed by atoms with Crippen molar-refractivity contribution < 1.29 is 9.47 Å². The number of rotatable bonds is 1. The SMILES string of the molecule is CC1(C)OC(c2cccc3[nH]ncc23)OC1(C)C. The maximum Gasteiger partial charge on any atom is 0.186 e. The van der Waals surface area contributed by atoms with Crippen LogP contribution in [0.3, 0.4) is 0 Å². The van der Waals surface area contributed by atoms with Gasteiger partial charge < -0.3 is 9.47 Å². The molecule has 1 aromatic heterocycles. The molecule has 1 fully saturated rings. The lowest BCUT2D eigenvalue weighted by atomic mass is 9.90. The predicted octanol–water partition coefficient (Wildman–Crippen LogP) is 3.17. The molecule has 1 saturated heterocycles. The van der Waals surface area contributed by atoms with E-state index < -0.39 is 0 Å². The van der Waals surface area contributed by atoms with Crippen molar-refractivity contribution in [2.24, 2.45) is 0 Å². The van der Waals surface area contributed by atoms with E-state index in [4.69, 9.17) is 9.47 Å². The van der Waals surface area contributed by atoms with E-state index in [9.17, 15) is 0 Å². The van der Waals surface area contributed by atoms with Crippen LogP contribution in [0.1, 0.15) is 39.5 Å². The molecule has 0 radical (unpaired) electrons. The first-order valence-electron chi connectivity index (χ1n) is 6.18. The summed E-state index contributed by atoms with van der Waals surface area (Å²) in [4.78, 5) is 0. The minimum absolute atomic E-state index is 0.316. The maximum atomic E-state index is 6.06. The molecule has 0 aliphatic carbocycles. The van der Waals surface area contributed by atoms with Gasteiger partial charge in [0.1, 0.15) is 0 Å².